The zero-order valence-corrected chi connectivity index (χ0v) is 21.0. The summed E-state index contributed by atoms with van der Waals surface area (Å²) in [6.07, 6.45) is 2.76. The second-order valence-corrected chi connectivity index (χ2v) is 9.99. The molecule has 1 aliphatic heterocycles. The average molecular weight is 489 g/mol. The number of likely N-dealkylation sites (tertiary alicyclic amines) is 1. The quantitative estimate of drug-likeness (QED) is 0.292. The second kappa shape index (κ2) is 10.7. The highest BCUT2D eigenvalue weighted by Gasteiger charge is 2.21. The minimum Gasteiger partial charge on any atom is -0.396 e. The highest BCUT2D eigenvalue weighted by atomic mass is 16.2. The van der Waals surface area contributed by atoms with Crippen LogP contribution in [0.4, 0.5) is 5.82 Å². The van der Waals surface area contributed by atoms with Crippen LogP contribution < -0.4 is 5.32 Å². The number of rotatable bonds is 7. The highest BCUT2D eigenvalue weighted by molar-refractivity contribution is 6.00. The predicted molar refractivity (Wildman–Crippen MR) is 152 cm³/mol. The minimum absolute atomic E-state index is 0.133. The largest absolute Gasteiger partial charge is 0.396 e. The molecule has 0 spiro atoms. The maximum absolute atomic E-state index is 9.49. The Labute approximate surface area is 217 Å². The van der Waals surface area contributed by atoms with E-state index in [-0.39, 0.29) is 6.61 Å². The van der Waals surface area contributed by atoms with E-state index >= 15 is 0 Å². The molecule has 1 aliphatic rings. The lowest BCUT2D eigenvalue weighted by Gasteiger charge is -2.32. The van der Waals surface area contributed by atoms with E-state index < -0.39 is 0 Å². The molecule has 2 N–H and O–H groups in total. The zero-order valence-electron chi connectivity index (χ0n) is 21.0. The van der Waals surface area contributed by atoms with Crippen molar-refractivity contribution in [3.05, 3.63) is 102 Å². The van der Waals surface area contributed by atoms with Crippen LogP contribution in [0, 0.1) is 0 Å². The van der Waals surface area contributed by atoms with Crippen molar-refractivity contribution in [2.45, 2.75) is 31.8 Å². The third kappa shape index (κ3) is 5.19. The van der Waals surface area contributed by atoms with E-state index in [4.69, 9.17) is 0 Å². The Morgan fingerprint density at radius 1 is 0.757 bits per heavy atom. The molecular formula is C32H32N4O. The zero-order chi connectivity index (χ0) is 25.0. The third-order valence-electron chi connectivity index (χ3n) is 7.44. The molecule has 1 aromatic heterocycles. The summed E-state index contributed by atoms with van der Waals surface area (Å²) in [5.41, 5.74) is 4.43. The summed E-state index contributed by atoms with van der Waals surface area (Å²) >= 11 is 0. The van der Waals surface area contributed by atoms with E-state index in [2.05, 4.69) is 93.2 Å². The lowest BCUT2D eigenvalue weighted by atomic mass is 10.00. The van der Waals surface area contributed by atoms with Crippen LogP contribution in [0.2, 0.25) is 0 Å². The number of anilines is 1. The van der Waals surface area contributed by atoms with E-state index in [0.29, 0.717) is 12.5 Å². The molecule has 186 valence electrons. The Bertz CT molecular complexity index is 1510. The standard InChI is InChI=1S/C32H32N4O/c37-19-16-23-11-13-29-30(21-23)32(35-34-31(29)26-7-2-1-3-8-26)33-28-14-17-36(18-15-28)22-24-10-12-25-6-4-5-9-27(25)20-24/h1-13,20-21,28,37H,14-19,22H2,(H,33,35). The Kier molecular flexibility index (Phi) is 6.80. The number of aliphatic hydroxyl groups is 1. The van der Waals surface area contributed by atoms with Gasteiger partial charge in [-0.2, -0.15) is 0 Å². The molecule has 5 aromatic rings. The predicted octanol–water partition coefficient (Wildman–Crippen LogP) is 6.06. The molecular weight excluding hydrogens is 456 g/mol. The van der Waals surface area contributed by atoms with E-state index in [1.54, 1.807) is 0 Å². The number of hydrogen-bond acceptors (Lipinski definition) is 5. The van der Waals surface area contributed by atoms with Gasteiger partial charge in [0.2, 0.25) is 0 Å². The number of piperidine rings is 1. The molecule has 0 bridgehead atoms. The van der Waals surface area contributed by atoms with Crippen molar-refractivity contribution in [1.82, 2.24) is 15.1 Å². The van der Waals surface area contributed by atoms with Crippen LogP contribution >= 0.6 is 0 Å². The van der Waals surface area contributed by atoms with Crippen molar-refractivity contribution in [1.29, 1.82) is 0 Å². The summed E-state index contributed by atoms with van der Waals surface area (Å²) in [5.74, 6) is 0.836. The number of hydrogen-bond donors (Lipinski definition) is 2. The average Bonchev–Trinajstić information content (AvgIpc) is 2.95. The summed E-state index contributed by atoms with van der Waals surface area (Å²) in [5, 5.41) is 27.3. The van der Waals surface area contributed by atoms with Gasteiger partial charge in [0.1, 0.15) is 5.69 Å². The van der Waals surface area contributed by atoms with Crippen molar-refractivity contribution >= 4 is 27.4 Å². The fraction of sp³-hybridized carbons (Fsp3) is 0.250. The lowest BCUT2D eigenvalue weighted by molar-refractivity contribution is 0.211. The number of fused-ring (bicyclic) bond motifs is 2. The van der Waals surface area contributed by atoms with Crippen molar-refractivity contribution in [2.75, 3.05) is 25.0 Å². The van der Waals surface area contributed by atoms with Gasteiger partial charge in [-0.15, -0.1) is 10.2 Å². The molecule has 1 saturated heterocycles. The van der Waals surface area contributed by atoms with Crippen molar-refractivity contribution in [3.8, 4) is 11.3 Å². The van der Waals surface area contributed by atoms with Crippen LogP contribution in [-0.4, -0.2) is 45.9 Å². The van der Waals surface area contributed by atoms with Crippen LogP contribution in [0.3, 0.4) is 0 Å². The van der Waals surface area contributed by atoms with Crippen molar-refractivity contribution in [3.63, 3.8) is 0 Å². The van der Waals surface area contributed by atoms with Gasteiger partial charge < -0.3 is 10.4 Å². The first-order valence-corrected chi connectivity index (χ1v) is 13.2. The molecule has 2 heterocycles. The number of nitrogens with zero attached hydrogens (tertiary/aromatic N) is 3. The van der Waals surface area contributed by atoms with E-state index in [1.807, 2.05) is 18.2 Å². The molecule has 4 aromatic carbocycles. The molecule has 0 aliphatic carbocycles. The summed E-state index contributed by atoms with van der Waals surface area (Å²) in [6, 6.07) is 32.3. The number of nitrogens with one attached hydrogen (secondary N) is 1. The maximum Gasteiger partial charge on any atom is 0.156 e. The monoisotopic (exact) mass is 488 g/mol. The Balaban J connectivity index is 1.18. The number of benzene rings is 4. The minimum atomic E-state index is 0.133. The molecule has 0 saturated carbocycles. The number of aliphatic hydroxyl groups excluding tert-OH is 1. The van der Waals surface area contributed by atoms with Crippen molar-refractivity contribution < 1.29 is 5.11 Å². The first-order valence-electron chi connectivity index (χ1n) is 13.2. The van der Waals surface area contributed by atoms with E-state index in [9.17, 15) is 5.11 Å². The molecule has 0 amide bonds. The molecule has 1 fully saturated rings. The SMILES string of the molecule is OCCc1ccc2c(-c3ccccc3)nnc(NC3CCN(Cc4ccc5ccccc5c4)CC3)c2c1. The van der Waals surface area contributed by atoms with E-state index in [1.165, 1.54) is 16.3 Å². The van der Waals surface area contributed by atoms with Crippen LogP contribution in [0.5, 0.6) is 0 Å². The summed E-state index contributed by atoms with van der Waals surface area (Å²) in [4.78, 5) is 2.55. The smallest absolute Gasteiger partial charge is 0.156 e. The van der Waals surface area contributed by atoms with E-state index in [0.717, 1.165) is 65.9 Å². The van der Waals surface area contributed by atoms with Gasteiger partial charge in [0.15, 0.2) is 5.82 Å². The number of aromatic nitrogens is 2. The van der Waals surface area contributed by atoms with Gasteiger partial charge in [0.05, 0.1) is 0 Å². The third-order valence-corrected chi connectivity index (χ3v) is 7.44. The normalized spacial score (nSPS) is 14.8. The van der Waals surface area contributed by atoms with Gasteiger partial charge in [0, 0.05) is 48.6 Å². The summed E-state index contributed by atoms with van der Waals surface area (Å²) in [7, 11) is 0. The molecule has 5 nitrogen and oxygen atoms in total. The lowest BCUT2D eigenvalue weighted by Crippen LogP contribution is -2.38. The topological polar surface area (TPSA) is 61.3 Å². The molecule has 0 radical (unpaired) electrons. The Hall–Kier alpha value is -3.80. The van der Waals surface area contributed by atoms with Gasteiger partial charge in [-0.1, -0.05) is 78.9 Å². The van der Waals surface area contributed by atoms with Gasteiger partial charge in [-0.3, -0.25) is 4.90 Å². The Morgan fingerprint density at radius 2 is 1.51 bits per heavy atom. The second-order valence-electron chi connectivity index (χ2n) is 9.99. The van der Waals surface area contributed by atoms with Crippen LogP contribution in [0.25, 0.3) is 32.8 Å². The molecule has 0 atom stereocenters. The summed E-state index contributed by atoms with van der Waals surface area (Å²) < 4.78 is 0. The molecule has 0 unspecified atom stereocenters. The maximum atomic E-state index is 9.49. The molecule has 5 heteroatoms. The first kappa shape index (κ1) is 23.6. The fourth-order valence-electron chi connectivity index (χ4n) is 5.43. The summed E-state index contributed by atoms with van der Waals surface area (Å²) in [6.45, 7) is 3.21. The highest BCUT2D eigenvalue weighted by Crippen LogP contribution is 2.32. The molecule has 37 heavy (non-hydrogen) atoms. The van der Waals surface area contributed by atoms with Crippen molar-refractivity contribution in [2.24, 2.45) is 0 Å². The molecule has 6 rings (SSSR count). The fourth-order valence-corrected chi connectivity index (χ4v) is 5.43. The van der Waals surface area contributed by atoms with Gasteiger partial charge in [0.25, 0.3) is 0 Å². The van der Waals surface area contributed by atoms with Crippen LogP contribution in [-0.2, 0) is 13.0 Å². The van der Waals surface area contributed by atoms with Gasteiger partial charge >= 0.3 is 0 Å². The Morgan fingerprint density at radius 3 is 2.32 bits per heavy atom. The van der Waals surface area contributed by atoms with Crippen LogP contribution in [0.15, 0.2) is 91.0 Å². The van der Waals surface area contributed by atoms with Gasteiger partial charge in [-0.05, 0) is 53.3 Å². The van der Waals surface area contributed by atoms with Crippen LogP contribution in [0.1, 0.15) is 24.0 Å². The van der Waals surface area contributed by atoms with Gasteiger partial charge in [-0.25, -0.2) is 0 Å². The first-order chi connectivity index (χ1) is 18.3.